The maximum Gasteiger partial charge on any atom is 0.151 e. The van der Waals surface area contributed by atoms with Crippen LogP contribution in [0, 0.1) is 0 Å². The highest BCUT2D eigenvalue weighted by molar-refractivity contribution is 5.18. The molecule has 0 saturated carbocycles. The molecule has 0 fully saturated rings. The molecule has 0 saturated heterocycles. The van der Waals surface area contributed by atoms with Gasteiger partial charge in [0.15, 0.2) is 6.10 Å². The number of aliphatic hydroxyl groups excluding tert-OH is 1. The Morgan fingerprint density at radius 1 is 1.38 bits per heavy atom. The second-order valence-electron chi connectivity index (χ2n) is 2.96. The maximum absolute atomic E-state index is 9.84. The van der Waals surface area contributed by atoms with Crippen LogP contribution in [0.15, 0.2) is 41.1 Å². The van der Waals surface area contributed by atoms with Gasteiger partial charge in [0.2, 0.25) is 0 Å². The Morgan fingerprint density at radius 3 is 2.77 bits per heavy atom. The molecular formula is C10H11NO2. The number of hydrogen-bond acceptors (Lipinski definition) is 2. The molecule has 68 valence electrons. The first-order valence-corrected chi connectivity index (χ1v) is 4.12. The van der Waals surface area contributed by atoms with E-state index in [1.54, 1.807) is 18.4 Å². The minimum absolute atomic E-state index is 0.571. The van der Waals surface area contributed by atoms with Crippen molar-refractivity contribution in [1.82, 2.24) is 4.57 Å². The molecule has 3 heteroatoms. The molecule has 0 aliphatic heterocycles. The molecule has 2 heterocycles. The van der Waals surface area contributed by atoms with Crippen LogP contribution < -0.4 is 0 Å². The fourth-order valence-corrected chi connectivity index (χ4v) is 1.35. The highest BCUT2D eigenvalue weighted by Crippen LogP contribution is 2.21. The SMILES string of the molecule is Cn1cccc1[C@@H](O)c1ccco1. The zero-order valence-corrected chi connectivity index (χ0v) is 7.34. The summed E-state index contributed by atoms with van der Waals surface area (Å²) < 4.78 is 6.98. The van der Waals surface area contributed by atoms with Gasteiger partial charge in [-0.05, 0) is 24.3 Å². The van der Waals surface area contributed by atoms with Crippen LogP contribution >= 0.6 is 0 Å². The topological polar surface area (TPSA) is 38.3 Å². The van der Waals surface area contributed by atoms with Gasteiger partial charge in [-0.15, -0.1) is 0 Å². The van der Waals surface area contributed by atoms with E-state index >= 15 is 0 Å². The highest BCUT2D eigenvalue weighted by Gasteiger charge is 2.14. The third-order valence-corrected chi connectivity index (χ3v) is 2.08. The molecule has 2 aromatic rings. The molecule has 0 aliphatic rings. The van der Waals surface area contributed by atoms with Gasteiger partial charge in [-0.2, -0.15) is 0 Å². The molecular weight excluding hydrogens is 166 g/mol. The molecule has 1 atom stereocenters. The summed E-state index contributed by atoms with van der Waals surface area (Å²) in [5.41, 5.74) is 0.829. The van der Waals surface area contributed by atoms with E-state index in [1.165, 1.54) is 0 Å². The van der Waals surface area contributed by atoms with Crippen molar-refractivity contribution in [3.05, 3.63) is 48.2 Å². The van der Waals surface area contributed by atoms with E-state index < -0.39 is 6.10 Å². The standard InChI is InChI=1S/C10H11NO2/c1-11-6-2-4-8(11)10(12)9-5-3-7-13-9/h2-7,10,12H,1H3/t10-/m1/s1. The predicted molar refractivity (Wildman–Crippen MR) is 48.2 cm³/mol. The van der Waals surface area contributed by atoms with Crippen LogP contribution in [0.4, 0.5) is 0 Å². The Labute approximate surface area is 76.2 Å². The summed E-state index contributed by atoms with van der Waals surface area (Å²) in [5, 5.41) is 9.84. The lowest BCUT2D eigenvalue weighted by molar-refractivity contribution is 0.181. The second-order valence-corrected chi connectivity index (χ2v) is 2.96. The second kappa shape index (κ2) is 3.11. The van der Waals surface area contributed by atoms with Gasteiger partial charge in [0, 0.05) is 13.2 Å². The van der Waals surface area contributed by atoms with Crippen LogP contribution in [-0.2, 0) is 7.05 Å². The average Bonchev–Trinajstić information content (AvgIpc) is 2.72. The quantitative estimate of drug-likeness (QED) is 0.758. The van der Waals surface area contributed by atoms with Gasteiger partial charge >= 0.3 is 0 Å². The summed E-state index contributed by atoms with van der Waals surface area (Å²) in [7, 11) is 1.89. The number of hydrogen-bond donors (Lipinski definition) is 1. The number of aromatic nitrogens is 1. The number of nitrogens with zero attached hydrogens (tertiary/aromatic N) is 1. The zero-order valence-electron chi connectivity index (χ0n) is 7.34. The summed E-state index contributed by atoms with van der Waals surface area (Å²) in [6, 6.07) is 7.29. The Hall–Kier alpha value is -1.48. The van der Waals surface area contributed by atoms with Gasteiger partial charge in [0.1, 0.15) is 5.76 Å². The monoisotopic (exact) mass is 177 g/mol. The molecule has 0 unspecified atom stereocenters. The Kier molecular flexibility index (Phi) is 1.94. The van der Waals surface area contributed by atoms with Crippen LogP contribution in [-0.4, -0.2) is 9.67 Å². The Balaban J connectivity index is 2.33. The van der Waals surface area contributed by atoms with Gasteiger partial charge in [-0.1, -0.05) is 0 Å². The van der Waals surface area contributed by atoms with E-state index in [0.29, 0.717) is 5.76 Å². The molecule has 0 aromatic carbocycles. The number of aliphatic hydroxyl groups is 1. The van der Waals surface area contributed by atoms with Crippen LogP contribution in [0.3, 0.4) is 0 Å². The minimum Gasteiger partial charge on any atom is -0.466 e. The van der Waals surface area contributed by atoms with Crippen molar-refractivity contribution in [1.29, 1.82) is 0 Å². The Bertz CT molecular complexity index is 375. The van der Waals surface area contributed by atoms with Gasteiger partial charge in [-0.25, -0.2) is 0 Å². The highest BCUT2D eigenvalue weighted by atomic mass is 16.4. The summed E-state index contributed by atoms with van der Waals surface area (Å²) in [6.45, 7) is 0. The Morgan fingerprint density at radius 2 is 2.23 bits per heavy atom. The van der Waals surface area contributed by atoms with Crippen molar-refractivity contribution in [2.24, 2.45) is 7.05 Å². The molecule has 0 amide bonds. The fourth-order valence-electron chi connectivity index (χ4n) is 1.35. The smallest absolute Gasteiger partial charge is 0.151 e. The van der Waals surface area contributed by atoms with Crippen LogP contribution in [0.1, 0.15) is 17.6 Å². The summed E-state index contributed by atoms with van der Waals surface area (Å²) >= 11 is 0. The molecule has 2 rings (SSSR count). The lowest BCUT2D eigenvalue weighted by atomic mass is 10.2. The molecule has 13 heavy (non-hydrogen) atoms. The molecule has 0 aliphatic carbocycles. The van der Waals surface area contributed by atoms with Gasteiger partial charge in [0.25, 0.3) is 0 Å². The van der Waals surface area contributed by atoms with E-state index in [-0.39, 0.29) is 0 Å². The summed E-state index contributed by atoms with van der Waals surface area (Å²) in [4.78, 5) is 0. The largest absolute Gasteiger partial charge is 0.466 e. The summed E-state index contributed by atoms with van der Waals surface area (Å²) in [6.07, 6.45) is 2.78. The van der Waals surface area contributed by atoms with E-state index in [4.69, 9.17) is 4.42 Å². The molecule has 2 aromatic heterocycles. The van der Waals surface area contributed by atoms with Crippen molar-refractivity contribution in [2.75, 3.05) is 0 Å². The van der Waals surface area contributed by atoms with Crippen molar-refractivity contribution >= 4 is 0 Å². The van der Waals surface area contributed by atoms with Gasteiger partial charge in [-0.3, -0.25) is 0 Å². The van der Waals surface area contributed by atoms with Crippen molar-refractivity contribution in [3.63, 3.8) is 0 Å². The number of rotatable bonds is 2. The van der Waals surface area contributed by atoms with Crippen LogP contribution in [0.25, 0.3) is 0 Å². The van der Waals surface area contributed by atoms with Gasteiger partial charge in [0.05, 0.1) is 12.0 Å². The van der Waals surface area contributed by atoms with E-state index in [0.717, 1.165) is 5.69 Å². The average molecular weight is 177 g/mol. The number of furan rings is 1. The fraction of sp³-hybridized carbons (Fsp3) is 0.200. The van der Waals surface area contributed by atoms with E-state index in [1.807, 2.05) is 29.9 Å². The van der Waals surface area contributed by atoms with Crippen LogP contribution in [0.5, 0.6) is 0 Å². The number of aryl methyl sites for hydroxylation is 1. The van der Waals surface area contributed by atoms with Crippen molar-refractivity contribution < 1.29 is 9.52 Å². The summed E-state index contributed by atoms with van der Waals surface area (Å²) in [5.74, 6) is 0.571. The van der Waals surface area contributed by atoms with Crippen molar-refractivity contribution in [3.8, 4) is 0 Å². The molecule has 0 spiro atoms. The normalized spacial score (nSPS) is 13.1. The lowest BCUT2D eigenvalue weighted by Crippen LogP contribution is -2.03. The van der Waals surface area contributed by atoms with Crippen molar-refractivity contribution in [2.45, 2.75) is 6.10 Å². The van der Waals surface area contributed by atoms with Crippen LogP contribution in [0.2, 0.25) is 0 Å². The maximum atomic E-state index is 9.84. The predicted octanol–water partition coefficient (Wildman–Crippen LogP) is 1.70. The minimum atomic E-state index is -0.671. The van der Waals surface area contributed by atoms with E-state index in [2.05, 4.69) is 0 Å². The third kappa shape index (κ3) is 1.38. The van der Waals surface area contributed by atoms with Gasteiger partial charge < -0.3 is 14.1 Å². The first kappa shape index (κ1) is 8.13. The first-order chi connectivity index (χ1) is 6.29. The van der Waals surface area contributed by atoms with E-state index in [9.17, 15) is 5.11 Å². The zero-order chi connectivity index (χ0) is 9.26. The molecule has 1 N–H and O–H groups in total. The first-order valence-electron chi connectivity index (χ1n) is 4.12. The molecule has 0 radical (unpaired) electrons. The molecule has 0 bridgehead atoms. The lowest BCUT2D eigenvalue weighted by Gasteiger charge is -2.08. The molecule has 3 nitrogen and oxygen atoms in total. The third-order valence-electron chi connectivity index (χ3n) is 2.08.